The largest absolute Gasteiger partial charge is 0.478 e. The Hall–Kier alpha value is -3.72. The van der Waals surface area contributed by atoms with Crippen molar-refractivity contribution in [2.45, 2.75) is 25.8 Å². The summed E-state index contributed by atoms with van der Waals surface area (Å²) in [7, 11) is 1.46. The van der Waals surface area contributed by atoms with E-state index in [1.807, 2.05) is 36.4 Å². The van der Waals surface area contributed by atoms with E-state index in [1.54, 1.807) is 6.92 Å². The van der Waals surface area contributed by atoms with Gasteiger partial charge in [0.05, 0.1) is 5.69 Å². The summed E-state index contributed by atoms with van der Waals surface area (Å²) >= 11 is 0.922. The molecule has 1 aliphatic rings. The number of hydrogen-bond acceptors (Lipinski definition) is 6. The van der Waals surface area contributed by atoms with Crippen LogP contribution in [0.1, 0.15) is 40.0 Å². The van der Waals surface area contributed by atoms with Gasteiger partial charge >= 0.3 is 12.1 Å². The molecule has 1 atom stereocenters. The van der Waals surface area contributed by atoms with Gasteiger partial charge in [-0.3, -0.25) is 4.79 Å². The lowest BCUT2D eigenvalue weighted by molar-refractivity contribution is -0.119. The molecule has 2 aromatic carbocycles. The lowest BCUT2D eigenvalue weighted by atomic mass is 9.98. The van der Waals surface area contributed by atoms with Gasteiger partial charge in [-0.25, -0.2) is 9.59 Å². The Morgan fingerprint density at radius 2 is 1.70 bits per heavy atom. The summed E-state index contributed by atoms with van der Waals surface area (Å²) in [5.74, 6) is -1.72. The normalized spacial score (nSPS) is 13.1. The molecule has 170 valence electrons. The second kappa shape index (κ2) is 9.03. The van der Waals surface area contributed by atoms with E-state index >= 15 is 0 Å². The Morgan fingerprint density at radius 1 is 1.12 bits per heavy atom. The van der Waals surface area contributed by atoms with Crippen molar-refractivity contribution in [3.05, 3.63) is 70.9 Å². The van der Waals surface area contributed by atoms with E-state index in [1.165, 1.54) is 18.9 Å². The van der Waals surface area contributed by atoms with Crippen molar-refractivity contribution in [1.29, 1.82) is 0 Å². The third-order valence-electron chi connectivity index (χ3n) is 5.74. The van der Waals surface area contributed by atoms with Crippen LogP contribution in [0.2, 0.25) is 0 Å². The van der Waals surface area contributed by atoms with Gasteiger partial charge in [-0.05, 0) is 47.6 Å². The summed E-state index contributed by atoms with van der Waals surface area (Å²) in [4.78, 5) is 38.0. The fourth-order valence-corrected chi connectivity index (χ4v) is 4.96. The third-order valence-corrected chi connectivity index (χ3v) is 6.76. The minimum atomic E-state index is -1.16. The van der Waals surface area contributed by atoms with Gasteiger partial charge in [-0.2, -0.15) is 4.37 Å². The van der Waals surface area contributed by atoms with Crippen LogP contribution >= 0.6 is 11.5 Å². The topological polar surface area (TPSA) is 109 Å². The van der Waals surface area contributed by atoms with Crippen molar-refractivity contribution in [3.63, 3.8) is 0 Å². The predicted octanol–water partition coefficient (Wildman–Crippen LogP) is 4.04. The number of aryl methyl sites for hydroxylation is 1. The van der Waals surface area contributed by atoms with Crippen LogP contribution in [0.3, 0.4) is 0 Å². The van der Waals surface area contributed by atoms with Crippen molar-refractivity contribution < 1.29 is 24.2 Å². The average molecular weight is 466 g/mol. The summed E-state index contributed by atoms with van der Waals surface area (Å²) in [6.45, 7) is 3.22. The van der Waals surface area contributed by atoms with Crippen molar-refractivity contribution in [2.24, 2.45) is 0 Å². The molecule has 8 nitrogen and oxygen atoms in total. The van der Waals surface area contributed by atoms with E-state index < -0.39 is 24.0 Å². The molecule has 1 aromatic heterocycles. The number of nitrogens with one attached hydrogen (secondary N) is 1. The van der Waals surface area contributed by atoms with Gasteiger partial charge < -0.3 is 20.1 Å². The van der Waals surface area contributed by atoms with Gasteiger partial charge in [-0.1, -0.05) is 48.5 Å². The highest BCUT2D eigenvalue weighted by Gasteiger charge is 2.30. The van der Waals surface area contributed by atoms with Gasteiger partial charge in [-0.15, -0.1) is 0 Å². The summed E-state index contributed by atoms with van der Waals surface area (Å²) in [5, 5.41) is 12.2. The number of anilines is 1. The van der Waals surface area contributed by atoms with Crippen LogP contribution in [0.5, 0.6) is 0 Å². The number of likely N-dealkylation sites (N-methyl/N-ethyl adjacent to an activating group) is 1. The minimum absolute atomic E-state index is 0.0239. The highest BCUT2D eigenvalue weighted by atomic mass is 32.1. The maximum absolute atomic E-state index is 12.8. The number of carbonyl (C=O) groups excluding carboxylic acids is 2. The van der Waals surface area contributed by atoms with Crippen LogP contribution in [0.15, 0.2) is 48.5 Å². The Kier molecular flexibility index (Phi) is 6.15. The Labute approximate surface area is 195 Å². The first-order valence-electron chi connectivity index (χ1n) is 10.4. The van der Waals surface area contributed by atoms with Crippen LogP contribution in [0.4, 0.5) is 9.80 Å². The molecule has 0 unspecified atom stereocenters. The molecule has 2 amide bonds. The summed E-state index contributed by atoms with van der Waals surface area (Å²) in [6, 6.07) is 15.1. The zero-order chi connectivity index (χ0) is 23.7. The molecule has 3 aromatic rings. The molecule has 0 aliphatic heterocycles. The van der Waals surface area contributed by atoms with Gasteiger partial charge in [0.2, 0.25) is 5.91 Å². The molecular weight excluding hydrogens is 442 g/mol. The van der Waals surface area contributed by atoms with E-state index in [-0.39, 0.29) is 23.1 Å². The molecule has 9 heteroatoms. The fraction of sp³-hybridized carbons (Fsp3) is 0.250. The van der Waals surface area contributed by atoms with Gasteiger partial charge in [0.1, 0.15) is 23.2 Å². The second-order valence-electron chi connectivity index (χ2n) is 7.84. The number of carboxylic acids is 1. The van der Waals surface area contributed by atoms with E-state index in [0.717, 1.165) is 33.8 Å². The van der Waals surface area contributed by atoms with Crippen molar-refractivity contribution in [2.75, 3.05) is 18.6 Å². The highest BCUT2D eigenvalue weighted by molar-refractivity contribution is 7.11. The van der Waals surface area contributed by atoms with Crippen molar-refractivity contribution >= 4 is 34.5 Å². The van der Waals surface area contributed by atoms with Crippen LogP contribution in [-0.4, -0.2) is 47.1 Å². The molecule has 0 spiro atoms. The highest BCUT2D eigenvalue weighted by Crippen LogP contribution is 2.44. The van der Waals surface area contributed by atoms with Crippen LogP contribution in [0.25, 0.3) is 11.1 Å². The molecule has 2 N–H and O–H groups in total. The van der Waals surface area contributed by atoms with Crippen molar-refractivity contribution in [3.8, 4) is 11.1 Å². The number of hydrogen-bond donors (Lipinski definition) is 2. The summed E-state index contributed by atoms with van der Waals surface area (Å²) in [5.41, 5.74) is 4.75. The molecule has 1 heterocycles. The Morgan fingerprint density at radius 3 is 2.27 bits per heavy atom. The number of ether oxygens (including phenoxy) is 1. The molecule has 0 bridgehead atoms. The number of nitrogens with zero attached hydrogens (tertiary/aromatic N) is 2. The molecule has 0 radical (unpaired) electrons. The van der Waals surface area contributed by atoms with Crippen molar-refractivity contribution in [1.82, 2.24) is 9.69 Å². The Bertz CT molecular complexity index is 1190. The number of aromatic carboxylic acids is 1. The number of rotatable bonds is 6. The molecular formula is C24H23N3O5S. The van der Waals surface area contributed by atoms with E-state index in [2.05, 4.69) is 21.8 Å². The number of benzene rings is 2. The van der Waals surface area contributed by atoms with E-state index in [9.17, 15) is 19.5 Å². The van der Waals surface area contributed by atoms with Gasteiger partial charge in [0.15, 0.2) is 0 Å². The maximum atomic E-state index is 12.8. The number of amides is 2. The molecule has 0 saturated heterocycles. The number of alkyl carbamates (subject to hydrolysis) is 1. The quantitative estimate of drug-likeness (QED) is 0.569. The average Bonchev–Trinajstić information content (AvgIpc) is 3.34. The zero-order valence-corrected chi connectivity index (χ0v) is 19.2. The first kappa shape index (κ1) is 22.5. The zero-order valence-electron chi connectivity index (χ0n) is 18.4. The minimum Gasteiger partial charge on any atom is -0.478 e. The lowest BCUT2D eigenvalue weighted by Crippen LogP contribution is -2.46. The summed E-state index contributed by atoms with van der Waals surface area (Å²) in [6.07, 6.45) is -0.718. The maximum Gasteiger partial charge on any atom is 0.407 e. The number of aromatic nitrogens is 1. The monoisotopic (exact) mass is 465 g/mol. The first-order chi connectivity index (χ1) is 15.8. The molecule has 33 heavy (non-hydrogen) atoms. The first-order valence-corrected chi connectivity index (χ1v) is 11.2. The summed E-state index contributed by atoms with van der Waals surface area (Å²) < 4.78 is 9.51. The molecule has 1 aliphatic carbocycles. The number of carbonyl (C=O) groups is 3. The lowest BCUT2D eigenvalue weighted by Gasteiger charge is -2.21. The predicted molar refractivity (Wildman–Crippen MR) is 125 cm³/mol. The number of carboxylic acid groups (broad SMARTS) is 1. The van der Waals surface area contributed by atoms with Crippen LogP contribution in [-0.2, 0) is 9.53 Å². The molecule has 0 fully saturated rings. The van der Waals surface area contributed by atoms with Gasteiger partial charge in [0, 0.05) is 13.0 Å². The molecule has 4 rings (SSSR count). The fourth-order valence-electron chi connectivity index (χ4n) is 4.10. The standard InChI is InChI=1S/C24H23N3O5S/c1-13-20(23(29)30)22(33-26-13)27(3)21(28)14(2)25-24(31)32-12-19-17-10-6-4-8-15(17)16-9-5-7-11-18(16)19/h4-11,14,19H,12H2,1-3H3,(H,25,31)(H,29,30)/t14-/m0/s1. The SMILES string of the molecule is Cc1nsc(N(C)C(=O)[C@H](C)NC(=O)OCC2c3ccccc3-c3ccccc32)c1C(=O)O. The molecule has 0 saturated carbocycles. The smallest absolute Gasteiger partial charge is 0.407 e. The van der Waals surface area contributed by atoms with Crippen LogP contribution < -0.4 is 10.2 Å². The Balaban J connectivity index is 1.40. The van der Waals surface area contributed by atoms with Crippen LogP contribution in [0, 0.1) is 6.92 Å². The number of fused-ring (bicyclic) bond motifs is 3. The van der Waals surface area contributed by atoms with Gasteiger partial charge in [0.25, 0.3) is 0 Å². The second-order valence-corrected chi connectivity index (χ2v) is 8.59. The van der Waals surface area contributed by atoms with E-state index in [0.29, 0.717) is 5.69 Å². The van der Waals surface area contributed by atoms with E-state index in [4.69, 9.17) is 4.74 Å². The third kappa shape index (κ3) is 4.19.